The van der Waals surface area contributed by atoms with Gasteiger partial charge in [-0.2, -0.15) is 0 Å². The second-order valence-electron chi connectivity index (χ2n) is 5.84. The Bertz CT molecular complexity index is 486. The van der Waals surface area contributed by atoms with Crippen molar-refractivity contribution in [3.63, 3.8) is 0 Å². The molecule has 1 rings (SSSR count). The summed E-state index contributed by atoms with van der Waals surface area (Å²) in [5.74, 6) is -0.906. The summed E-state index contributed by atoms with van der Waals surface area (Å²) in [6.07, 6.45) is 0.671. The molecule has 0 aliphatic rings. The summed E-state index contributed by atoms with van der Waals surface area (Å²) in [6, 6.07) is 9.67. The Kier molecular flexibility index (Phi) is 8.33. The Morgan fingerprint density at radius 2 is 1.70 bits per heavy atom. The van der Waals surface area contributed by atoms with Crippen molar-refractivity contribution in [2.75, 3.05) is 33.2 Å². The number of nitrogens with zero attached hydrogens (tertiary/aromatic N) is 2. The Labute approximate surface area is 139 Å². The van der Waals surface area contributed by atoms with Gasteiger partial charge < -0.3 is 15.5 Å². The minimum atomic E-state index is -0.458. The molecule has 0 heterocycles. The van der Waals surface area contributed by atoms with E-state index < -0.39 is 11.8 Å². The number of carbonyl (C=O) groups excluding carboxylic acids is 2. The van der Waals surface area contributed by atoms with Crippen LogP contribution in [-0.2, 0) is 16.0 Å². The molecule has 2 amide bonds. The maximum Gasteiger partial charge on any atom is 0.223 e. The zero-order valence-corrected chi connectivity index (χ0v) is 14.5. The van der Waals surface area contributed by atoms with E-state index in [9.17, 15) is 9.59 Å². The third kappa shape index (κ3) is 6.82. The van der Waals surface area contributed by atoms with E-state index in [-0.39, 0.29) is 12.3 Å². The van der Waals surface area contributed by atoms with Gasteiger partial charge in [0.15, 0.2) is 0 Å². The first-order valence-corrected chi connectivity index (χ1v) is 8.27. The summed E-state index contributed by atoms with van der Waals surface area (Å²) in [7, 11) is 1.78. The fourth-order valence-electron chi connectivity index (χ4n) is 2.49. The van der Waals surface area contributed by atoms with Crippen molar-refractivity contribution in [3.8, 4) is 0 Å². The number of likely N-dealkylation sites (N-methyl/N-ethyl adjacent to an activating group) is 2. The summed E-state index contributed by atoms with van der Waals surface area (Å²) < 4.78 is 0. The molecule has 5 nitrogen and oxygen atoms in total. The number of nitrogens with two attached hydrogens (primary N) is 1. The molecule has 1 aromatic rings. The van der Waals surface area contributed by atoms with Gasteiger partial charge in [-0.05, 0) is 25.1 Å². The van der Waals surface area contributed by atoms with Gasteiger partial charge in [0.05, 0.1) is 5.92 Å². The minimum absolute atomic E-state index is 0.0307. The molecule has 0 unspecified atom stereocenters. The molecule has 23 heavy (non-hydrogen) atoms. The van der Waals surface area contributed by atoms with Crippen LogP contribution in [0, 0.1) is 5.92 Å². The van der Waals surface area contributed by atoms with Crippen molar-refractivity contribution in [1.82, 2.24) is 9.80 Å². The van der Waals surface area contributed by atoms with E-state index in [1.165, 1.54) is 0 Å². The Morgan fingerprint density at radius 3 is 2.22 bits per heavy atom. The van der Waals surface area contributed by atoms with Crippen LogP contribution in [0.15, 0.2) is 30.3 Å². The van der Waals surface area contributed by atoms with Gasteiger partial charge in [0, 0.05) is 26.6 Å². The highest BCUT2D eigenvalue weighted by Crippen LogP contribution is 2.13. The van der Waals surface area contributed by atoms with Crippen LogP contribution in [-0.4, -0.2) is 54.8 Å². The third-order valence-electron chi connectivity index (χ3n) is 4.22. The van der Waals surface area contributed by atoms with Crippen LogP contribution in [0.2, 0.25) is 0 Å². The monoisotopic (exact) mass is 319 g/mol. The first-order chi connectivity index (χ1) is 11.0. The van der Waals surface area contributed by atoms with E-state index in [0.29, 0.717) is 13.0 Å². The fourth-order valence-corrected chi connectivity index (χ4v) is 2.49. The smallest absolute Gasteiger partial charge is 0.223 e. The van der Waals surface area contributed by atoms with E-state index in [4.69, 9.17) is 5.73 Å². The van der Waals surface area contributed by atoms with Crippen LogP contribution >= 0.6 is 0 Å². The summed E-state index contributed by atoms with van der Waals surface area (Å²) in [6.45, 7) is 7.65. The number of hydrogen-bond donors (Lipinski definition) is 1. The van der Waals surface area contributed by atoms with Crippen LogP contribution in [0.1, 0.15) is 25.8 Å². The first kappa shape index (κ1) is 19.2. The van der Waals surface area contributed by atoms with Crippen LogP contribution in [0.4, 0.5) is 0 Å². The second-order valence-corrected chi connectivity index (χ2v) is 5.84. The highest BCUT2D eigenvalue weighted by Gasteiger charge is 2.22. The average Bonchev–Trinajstić information content (AvgIpc) is 2.55. The topological polar surface area (TPSA) is 66.6 Å². The first-order valence-electron chi connectivity index (χ1n) is 8.27. The Morgan fingerprint density at radius 1 is 1.09 bits per heavy atom. The van der Waals surface area contributed by atoms with E-state index in [2.05, 4.69) is 18.7 Å². The molecule has 0 radical (unpaired) electrons. The Balaban J connectivity index is 2.55. The van der Waals surface area contributed by atoms with Crippen LogP contribution in [0.3, 0.4) is 0 Å². The number of carbonyl (C=O) groups is 2. The molecular weight excluding hydrogens is 290 g/mol. The molecule has 0 saturated heterocycles. The van der Waals surface area contributed by atoms with Gasteiger partial charge >= 0.3 is 0 Å². The number of rotatable bonds is 10. The van der Waals surface area contributed by atoms with Crippen LogP contribution in [0.5, 0.6) is 0 Å². The summed E-state index contributed by atoms with van der Waals surface area (Å²) >= 11 is 0. The lowest BCUT2D eigenvalue weighted by atomic mass is 9.95. The highest BCUT2D eigenvalue weighted by molar-refractivity contribution is 5.85. The number of benzene rings is 1. The highest BCUT2D eigenvalue weighted by atomic mass is 16.2. The van der Waals surface area contributed by atoms with E-state index in [0.717, 1.165) is 25.2 Å². The number of primary amides is 1. The average molecular weight is 319 g/mol. The molecule has 0 aliphatic heterocycles. The molecule has 0 bridgehead atoms. The molecule has 1 aromatic carbocycles. The summed E-state index contributed by atoms with van der Waals surface area (Å²) in [4.78, 5) is 28.0. The normalized spacial score (nSPS) is 12.2. The van der Waals surface area contributed by atoms with Crippen molar-refractivity contribution in [2.24, 2.45) is 11.7 Å². The number of amides is 2. The Hall–Kier alpha value is -1.88. The predicted molar refractivity (Wildman–Crippen MR) is 92.9 cm³/mol. The molecular formula is C18H29N3O2. The molecule has 5 heteroatoms. The zero-order chi connectivity index (χ0) is 17.2. The second kappa shape index (κ2) is 10.0. The number of hydrogen-bond acceptors (Lipinski definition) is 3. The molecule has 0 aliphatic carbocycles. The largest absolute Gasteiger partial charge is 0.369 e. The minimum Gasteiger partial charge on any atom is -0.369 e. The van der Waals surface area contributed by atoms with Gasteiger partial charge in [-0.1, -0.05) is 44.2 Å². The molecule has 1 atom stereocenters. The lowest BCUT2D eigenvalue weighted by Crippen LogP contribution is -2.38. The summed E-state index contributed by atoms with van der Waals surface area (Å²) in [5.41, 5.74) is 6.50. The van der Waals surface area contributed by atoms with E-state index in [1.54, 1.807) is 11.9 Å². The molecule has 128 valence electrons. The lowest BCUT2D eigenvalue weighted by molar-refractivity contribution is -0.134. The van der Waals surface area contributed by atoms with Crippen molar-refractivity contribution in [1.29, 1.82) is 0 Å². The maximum absolute atomic E-state index is 12.3. The van der Waals surface area contributed by atoms with Crippen molar-refractivity contribution in [2.45, 2.75) is 26.7 Å². The van der Waals surface area contributed by atoms with E-state index >= 15 is 0 Å². The molecule has 0 fully saturated rings. The predicted octanol–water partition coefficient (Wildman–Crippen LogP) is 1.52. The standard InChI is InChI=1S/C18H29N3O2/c1-4-21(5-2)12-11-20(3)17(22)14-16(18(19)23)13-15-9-7-6-8-10-15/h6-10,16H,4-5,11-14H2,1-3H3,(H2,19,23)/t16-/m1/s1. The lowest BCUT2D eigenvalue weighted by Gasteiger charge is -2.24. The van der Waals surface area contributed by atoms with Gasteiger partial charge in [0.25, 0.3) is 0 Å². The van der Waals surface area contributed by atoms with Gasteiger partial charge in [0.1, 0.15) is 0 Å². The van der Waals surface area contributed by atoms with Gasteiger partial charge in [-0.25, -0.2) is 0 Å². The molecule has 2 N–H and O–H groups in total. The van der Waals surface area contributed by atoms with E-state index in [1.807, 2.05) is 30.3 Å². The quantitative estimate of drug-likeness (QED) is 0.711. The summed E-state index contributed by atoms with van der Waals surface area (Å²) in [5, 5.41) is 0. The molecule has 0 saturated carbocycles. The van der Waals surface area contributed by atoms with Crippen molar-refractivity contribution < 1.29 is 9.59 Å². The fraction of sp³-hybridized carbons (Fsp3) is 0.556. The molecule has 0 aromatic heterocycles. The zero-order valence-electron chi connectivity index (χ0n) is 14.5. The van der Waals surface area contributed by atoms with Gasteiger partial charge in [-0.3, -0.25) is 9.59 Å². The van der Waals surface area contributed by atoms with Crippen molar-refractivity contribution >= 4 is 11.8 Å². The van der Waals surface area contributed by atoms with Crippen LogP contribution in [0.25, 0.3) is 0 Å². The third-order valence-corrected chi connectivity index (χ3v) is 4.22. The van der Waals surface area contributed by atoms with Gasteiger partial charge in [-0.15, -0.1) is 0 Å². The van der Waals surface area contributed by atoms with Crippen molar-refractivity contribution in [3.05, 3.63) is 35.9 Å². The van der Waals surface area contributed by atoms with Crippen LogP contribution < -0.4 is 5.73 Å². The SMILES string of the molecule is CCN(CC)CCN(C)C(=O)C[C@@H](Cc1ccccc1)C(N)=O. The van der Waals surface area contributed by atoms with Gasteiger partial charge in [0.2, 0.25) is 11.8 Å². The maximum atomic E-state index is 12.3. The molecule has 0 spiro atoms.